The Bertz CT molecular complexity index is 646. The molecule has 2 unspecified atom stereocenters. The van der Waals surface area contributed by atoms with E-state index in [4.69, 9.17) is 0 Å². The number of nitrogens with zero attached hydrogens (tertiary/aromatic N) is 4. The van der Waals surface area contributed by atoms with Crippen LogP contribution in [0.3, 0.4) is 0 Å². The van der Waals surface area contributed by atoms with E-state index in [1.807, 2.05) is 0 Å². The Kier molecular flexibility index (Phi) is 4.51. The minimum atomic E-state index is -0.223. The molecule has 0 radical (unpaired) electrons. The number of likely N-dealkylation sites (N-methyl/N-ethyl adjacent to an activating group) is 1. The summed E-state index contributed by atoms with van der Waals surface area (Å²) < 4.78 is 0. The van der Waals surface area contributed by atoms with Crippen molar-refractivity contribution < 1.29 is 14.4 Å². The van der Waals surface area contributed by atoms with E-state index in [1.54, 1.807) is 48.4 Å². The summed E-state index contributed by atoms with van der Waals surface area (Å²) in [7, 11) is 3.36. The first-order chi connectivity index (χ1) is 11.5. The van der Waals surface area contributed by atoms with Gasteiger partial charge in [-0.1, -0.05) is 0 Å². The van der Waals surface area contributed by atoms with E-state index in [0.717, 1.165) is 12.8 Å². The number of hydrogen-bond donors (Lipinski definition) is 0. The lowest BCUT2D eigenvalue weighted by atomic mass is 9.94. The van der Waals surface area contributed by atoms with Crippen molar-refractivity contribution in [3.8, 4) is 0 Å². The minimum Gasteiger partial charge on any atom is -0.347 e. The van der Waals surface area contributed by atoms with Gasteiger partial charge in [0.1, 0.15) is 6.54 Å². The van der Waals surface area contributed by atoms with Crippen LogP contribution in [0.4, 0.5) is 0 Å². The van der Waals surface area contributed by atoms with Crippen LogP contribution in [0.1, 0.15) is 23.2 Å². The predicted octanol–water partition coefficient (Wildman–Crippen LogP) is 0.233. The quantitative estimate of drug-likeness (QED) is 0.795. The number of pyridine rings is 1. The van der Waals surface area contributed by atoms with Crippen LogP contribution in [0.15, 0.2) is 24.5 Å². The number of carbonyl (C=O) groups is 3. The zero-order valence-corrected chi connectivity index (χ0v) is 14.0. The molecule has 7 nitrogen and oxygen atoms in total. The van der Waals surface area contributed by atoms with Gasteiger partial charge < -0.3 is 14.7 Å². The van der Waals surface area contributed by atoms with Crippen molar-refractivity contribution in [2.75, 3.05) is 33.7 Å². The van der Waals surface area contributed by atoms with E-state index in [9.17, 15) is 14.4 Å². The molecular weight excluding hydrogens is 308 g/mol. The maximum atomic E-state index is 12.7. The molecule has 0 aromatic carbocycles. The molecule has 1 aromatic heterocycles. The standard InChI is InChI=1S/C17H22N4O3/c1-19(2)15(22)11-21-14-6-5-13(17(21)24)9-20(10-14)16(23)12-4-3-7-18-8-12/h3-4,7-8,13-14H,5-6,9-11H2,1-2H3. The number of piperidine rings is 1. The van der Waals surface area contributed by atoms with E-state index >= 15 is 0 Å². The molecule has 4 rings (SSSR count). The highest BCUT2D eigenvalue weighted by atomic mass is 16.2. The van der Waals surface area contributed by atoms with Gasteiger partial charge in [0.2, 0.25) is 11.8 Å². The zero-order chi connectivity index (χ0) is 17.3. The van der Waals surface area contributed by atoms with Gasteiger partial charge in [0.25, 0.3) is 5.91 Å². The molecule has 3 amide bonds. The van der Waals surface area contributed by atoms with Crippen molar-refractivity contribution in [1.29, 1.82) is 0 Å². The molecule has 4 heterocycles. The van der Waals surface area contributed by atoms with Gasteiger partial charge in [0, 0.05) is 45.6 Å². The molecule has 2 atom stereocenters. The Balaban J connectivity index is 1.78. The maximum Gasteiger partial charge on any atom is 0.255 e. The molecule has 0 saturated carbocycles. The van der Waals surface area contributed by atoms with Crippen LogP contribution in [0.5, 0.6) is 0 Å². The average Bonchev–Trinajstić information content (AvgIpc) is 2.87. The second-order valence-corrected chi connectivity index (χ2v) is 6.63. The highest BCUT2D eigenvalue weighted by Gasteiger charge is 2.42. The van der Waals surface area contributed by atoms with Gasteiger partial charge in [-0.2, -0.15) is 0 Å². The number of carbonyl (C=O) groups excluding carboxylic acids is 3. The topological polar surface area (TPSA) is 73.8 Å². The highest BCUT2D eigenvalue weighted by Crippen LogP contribution is 2.29. The number of hydrogen-bond acceptors (Lipinski definition) is 4. The van der Waals surface area contributed by atoms with Gasteiger partial charge in [0.15, 0.2) is 0 Å². The van der Waals surface area contributed by atoms with Crippen molar-refractivity contribution in [2.24, 2.45) is 5.92 Å². The summed E-state index contributed by atoms with van der Waals surface area (Å²) in [6.45, 7) is 0.967. The van der Waals surface area contributed by atoms with Gasteiger partial charge >= 0.3 is 0 Å². The molecule has 1 aromatic rings. The van der Waals surface area contributed by atoms with Crippen LogP contribution < -0.4 is 0 Å². The molecule has 3 saturated heterocycles. The van der Waals surface area contributed by atoms with Gasteiger partial charge in [-0.25, -0.2) is 0 Å². The van der Waals surface area contributed by atoms with Crippen molar-refractivity contribution in [3.63, 3.8) is 0 Å². The summed E-state index contributed by atoms with van der Waals surface area (Å²) in [4.78, 5) is 46.3. The van der Waals surface area contributed by atoms with E-state index in [0.29, 0.717) is 18.7 Å². The molecule has 3 aliphatic heterocycles. The summed E-state index contributed by atoms with van der Waals surface area (Å²) in [5.74, 6) is -0.433. The van der Waals surface area contributed by atoms with Crippen LogP contribution in [-0.2, 0) is 9.59 Å². The van der Waals surface area contributed by atoms with E-state index < -0.39 is 0 Å². The summed E-state index contributed by atoms with van der Waals surface area (Å²) >= 11 is 0. The first kappa shape index (κ1) is 16.4. The first-order valence-corrected chi connectivity index (χ1v) is 8.17. The lowest BCUT2D eigenvalue weighted by Crippen LogP contribution is -2.51. The van der Waals surface area contributed by atoms with Crippen LogP contribution >= 0.6 is 0 Å². The lowest BCUT2D eigenvalue weighted by Gasteiger charge is -2.35. The molecule has 2 bridgehead atoms. The molecule has 128 valence electrons. The number of rotatable bonds is 3. The van der Waals surface area contributed by atoms with Gasteiger partial charge in [-0.3, -0.25) is 19.4 Å². The summed E-state index contributed by atoms with van der Waals surface area (Å²) in [5, 5.41) is 0. The lowest BCUT2D eigenvalue weighted by molar-refractivity contribution is -0.145. The molecule has 0 N–H and O–H groups in total. The summed E-state index contributed by atoms with van der Waals surface area (Å²) in [5.41, 5.74) is 0.530. The molecule has 0 aliphatic carbocycles. The minimum absolute atomic E-state index is 0.0112. The van der Waals surface area contributed by atoms with Gasteiger partial charge in [-0.15, -0.1) is 0 Å². The third-order valence-electron chi connectivity index (χ3n) is 4.79. The Hall–Kier alpha value is -2.44. The summed E-state index contributed by atoms with van der Waals surface area (Å²) in [6, 6.07) is 3.37. The van der Waals surface area contributed by atoms with Crippen molar-refractivity contribution in [3.05, 3.63) is 30.1 Å². The molecule has 7 heteroatoms. The van der Waals surface area contributed by atoms with E-state index in [2.05, 4.69) is 4.98 Å². The van der Waals surface area contributed by atoms with Crippen LogP contribution in [0.25, 0.3) is 0 Å². The SMILES string of the molecule is CN(C)C(=O)CN1C(=O)C2CCC1CN(C(=O)c1cccnc1)C2. The highest BCUT2D eigenvalue weighted by molar-refractivity contribution is 5.95. The second kappa shape index (κ2) is 6.59. The van der Waals surface area contributed by atoms with Crippen LogP contribution in [-0.4, -0.2) is 77.2 Å². The fourth-order valence-electron chi connectivity index (χ4n) is 3.37. The normalized spacial score (nSPS) is 23.2. The maximum absolute atomic E-state index is 12.7. The van der Waals surface area contributed by atoms with E-state index in [-0.39, 0.29) is 36.2 Å². The largest absolute Gasteiger partial charge is 0.347 e. The monoisotopic (exact) mass is 330 g/mol. The van der Waals surface area contributed by atoms with E-state index in [1.165, 1.54) is 4.90 Å². The fourth-order valence-corrected chi connectivity index (χ4v) is 3.37. The third kappa shape index (κ3) is 3.11. The molecule has 24 heavy (non-hydrogen) atoms. The number of fused-ring (bicyclic) bond motifs is 4. The Morgan fingerprint density at radius 3 is 2.75 bits per heavy atom. The predicted molar refractivity (Wildman–Crippen MR) is 87.1 cm³/mol. The smallest absolute Gasteiger partial charge is 0.255 e. The Morgan fingerprint density at radius 1 is 1.29 bits per heavy atom. The molecule has 3 fully saturated rings. The molecule has 0 spiro atoms. The number of amides is 3. The first-order valence-electron chi connectivity index (χ1n) is 8.17. The van der Waals surface area contributed by atoms with Gasteiger partial charge in [-0.05, 0) is 25.0 Å². The second-order valence-electron chi connectivity index (χ2n) is 6.63. The Labute approximate surface area is 141 Å². The van der Waals surface area contributed by atoms with Crippen molar-refractivity contribution in [1.82, 2.24) is 19.7 Å². The number of aromatic nitrogens is 1. The van der Waals surface area contributed by atoms with Crippen LogP contribution in [0, 0.1) is 5.92 Å². The van der Waals surface area contributed by atoms with Crippen molar-refractivity contribution >= 4 is 17.7 Å². The third-order valence-corrected chi connectivity index (χ3v) is 4.79. The van der Waals surface area contributed by atoms with Gasteiger partial charge in [0.05, 0.1) is 11.5 Å². The molecular formula is C17H22N4O3. The summed E-state index contributed by atoms with van der Waals surface area (Å²) in [6.07, 6.45) is 4.77. The fraction of sp³-hybridized carbons (Fsp3) is 0.529. The van der Waals surface area contributed by atoms with Crippen molar-refractivity contribution in [2.45, 2.75) is 18.9 Å². The van der Waals surface area contributed by atoms with Crippen LogP contribution in [0.2, 0.25) is 0 Å². The molecule has 3 aliphatic rings. The zero-order valence-electron chi connectivity index (χ0n) is 14.0. The Morgan fingerprint density at radius 2 is 2.08 bits per heavy atom. The average molecular weight is 330 g/mol.